The number of rotatable bonds is 3. The van der Waals surface area contributed by atoms with E-state index in [4.69, 9.17) is 5.73 Å². The summed E-state index contributed by atoms with van der Waals surface area (Å²) in [6, 6.07) is 16.3. The molecule has 2 aromatic carbocycles. The average molecular weight is 345 g/mol. The number of para-hydroxylation sites is 1. The largest absolute Gasteiger partial charge is 0.322 e. The van der Waals surface area contributed by atoms with Gasteiger partial charge in [-0.1, -0.05) is 40.2 Å². The molecule has 0 radical (unpaired) electrons. The highest BCUT2D eigenvalue weighted by atomic mass is 79.9. The molecule has 0 bridgehead atoms. The van der Waals surface area contributed by atoms with Gasteiger partial charge >= 0.3 is 0 Å². The highest BCUT2D eigenvalue weighted by Crippen LogP contribution is 2.22. The summed E-state index contributed by atoms with van der Waals surface area (Å²) in [6.45, 7) is 0. The van der Waals surface area contributed by atoms with Gasteiger partial charge in [-0.3, -0.25) is 4.98 Å². The first-order chi connectivity index (χ1) is 10.1. The Bertz CT molecular complexity index is 789. The zero-order valence-corrected chi connectivity index (χ0v) is 12.8. The minimum absolute atomic E-state index is 0.241. The van der Waals surface area contributed by atoms with E-state index < -0.39 is 0 Å². The van der Waals surface area contributed by atoms with Crippen LogP contribution in [0.4, 0.5) is 4.39 Å². The zero-order chi connectivity index (χ0) is 14.8. The van der Waals surface area contributed by atoms with Gasteiger partial charge in [0.05, 0.1) is 17.3 Å². The summed E-state index contributed by atoms with van der Waals surface area (Å²) in [7, 11) is 0. The third-order valence-corrected chi connectivity index (χ3v) is 3.94. The molecule has 1 atom stereocenters. The van der Waals surface area contributed by atoms with Crippen molar-refractivity contribution in [2.24, 2.45) is 5.73 Å². The van der Waals surface area contributed by atoms with Crippen molar-refractivity contribution in [2.75, 3.05) is 0 Å². The Kier molecular flexibility index (Phi) is 3.99. The quantitative estimate of drug-likeness (QED) is 0.765. The second kappa shape index (κ2) is 5.92. The Labute approximate surface area is 130 Å². The van der Waals surface area contributed by atoms with E-state index >= 15 is 0 Å². The van der Waals surface area contributed by atoms with Crippen molar-refractivity contribution < 1.29 is 4.39 Å². The summed E-state index contributed by atoms with van der Waals surface area (Å²) in [5, 5.41) is 1.07. The molecule has 0 saturated heterocycles. The maximum Gasteiger partial charge on any atom is 0.126 e. The van der Waals surface area contributed by atoms with Gasteiger partial charge in [-0.25, -0.2) is 4.39 Å². The van der Waals surface area contributed by atoms with Crippen LogP contribution in [0, 0.1) is 5.82 Å². The molecule has 2 nitrogen and oxygen atoms in total. The van der Waals surface area contributed by atoms with Crippen molar-refractivity contribution in [3.8, 4) is 0 Å². The van der Waals surface area contributed by atoms with Crippen LogP contribution < -0.4 is 5.73 Å². The molecular weight excluding hydrogens is 331 g/mol. The summed E-state index contributed by atoms with van der Waals surface area (Å²) < 4.78 is 14.6. The second-order valence-electron chi connectivity index (χ2n) is 4.98. The van der Waals surface area contributed by atoms with Gasteiger partial charge in [0, 0.05) is 9.86 Å². The Hall–Kier alpha value is -1.78. The Morgan fingerprint density at radius 3 is 2.76 bits per heavy atom. The van der Waals surface area contributed by atoms with Gasteiger partial charge in [0.15, 0.2) is 0 Å². The van der Waals surface area contributed by atoms with Crippen molar-refractivity contribution in [1.82, 2.24) is 4.98 Å². The van der Waals surface area contributed by atoms with E-state index in [0.717, 1.165) is 21.1 Å². The summed E-state index contributed by atoms with van der Waals surface area (Å²) in [5.41, 5.74) is 8.46. The lowest BCUT2D eigenvalue weighted by molar-refractivity contribution is 0.590. The molecule has 106 valence electrons. The summed E-state index contributed by atoms with van der Waals surface area (Å²) in [6.07, 6.45) is 0.413. The third-order valence-electron chi connectivity index (χ3n) is 3.45. The van der Waals surface area contributed by atoms with Gasteiger partial charge in [0.25, 0.3) is 0 Å². The Morgan fingerprint density at radius 1 is 1.10 bits per heavy atom. The molecule has 4 heteroatoms. The topological polar surface area (TPSA) is 38.9 Å². The van der Waals surface area contributed by atoms with Gasteiger partial charge in [0.2, 0.25) is 0 Å². The third kappa shape index (κ3) is 3.12. The van der Waals surface area contributed by atoms with E-state index in [1.807, 2.05) is 36.4 Å². The lowest BCUT2D eigenvalue weighted by atomic mass is 10.0. The van der Waals surface area contributed by atoms with Crippen LogP contribution >= 0.6 is 15.9 Å². The maximum atomic E-state index is 13.8. The number of benzene rings is 2. The second-order valence-corrected chi connectivity index (χ2v) is 5.89. The van der Waals surface area contributed by atoms with E-state index in [1.54, 1.807) is 12.1 Å². The van der Waals surface area contributed by atoms with Crippen molar-refractivity contribution in [2.45, 2.75) is 12.5 Å². The van der Waals surface area contributed by atoms with Crippen molar-refractivity contribution in [3.63, 3.8) is 0 Å². The van der Waals surface area contributed by atoms with E-state index in [9.17, 15) is 4.39 Å². The summed E-state index contributed by atoms with van der Waals surface area (Å²) >= 11 is 3.35. The lowest BCUT2D eigenvalue weighted by Gasteiger charge is -2.13. The minimum atomic E-state index is -0.335. The van der Waals surface area contributed by atoms with Crippen molar-refractivity contribution in [3.05, 3.63) is 76.1 Å². The van der Waals surface area contributed by atoms with E-state index in [0.29, 0.717) is 12.0 Å². The first-order valence-corrected chi connectivity index (χ1v) is 7.48. The fourth-order valence-corrected chi connectivity index (χ4v) is 2.74. The average Bonchev–Trinajstić information content (AvgIpc) is 2.50. The van der Waals surface area contributed by atoms with E-state index in [2.05, 4.69) is 20.9 Å². The maximum absolute atomic E-state index is 13.8. The number of hydrogen-bond donors (Lipinski definition) is 1. The first kappa shape index (κ1) is 14.2. The standard InChI is InChI=1S/C17H14BrFN2/c18-13-6-7-14(19)12(9-13)10-15(20)17-8-5-11-3-1-2-4-16(11)21-17/h1-9,15H,10,20H2. The first-order valence-electron chi connectivity index (χ1n) is 6.69. The van der Waals surface area contributed by atoms with Crippen LogP contribution in [0.15, 0.2) is 59.1 Å². The molecule has 2 N–H and O–H groups in total. The van der Waals surface area contributed by atoms with Gasteiger partial charge in [0.1, 0.15) is 5.82 Å². The smallest absolute Gasteiger partial charge is 0.126 e. The molecule has 3 rings (SSSR count). The summed E-state index contributed by atoms with van der Waals surface area (Å²) in [4.78, 5) is 4.56. The molecule has 3 aromatic rings. The molecule has 0 saturated carbocycles. The highest BCUT2D eigenvalue weighted by molar-refractivity contribution is 9.10. The monoisotopic (exact) mass is 344 g/mol. The molecule has 0 aliphatic heterocycles. The number of hydrogen-bond acceptors (Lipinski definition) is 2. The molecule has 1 aromatic heterocycles. The Balaban J connectivity index is 1.89. The number of halogens is 2. The SMILES string of the molecule is NC(Cc1cc(Br)ccc1F)c1ccc2ccccc2n1. The van der Waals surface area contributed by atoms with Crippen molar-refractivity contribution >= 4 is 26.8 Å². The van der Waals surface area contributed by atoms with E-state index in [-0.39, 0.29) is 11.9 Å². The van der Waals surface area contributed by atoms with Crippen LogP contribution in [0.1, 0.15) is 17.3 Å². The minimum Gasteiger partial charge on any atom is -0.322 e. The molecule has 0 spiro atoms. The molecule has 0 fully saturated rings. The van der Waals surface area contributed by atoms with Crippen LogP contribution in [-0.2, 0) is 6.42 Å². The van der Waals surface area contributed by atoms with Crippen LogP contribution in [-0.4, -0.2) is 4.98 Å². The molecule has 21 heavy (non-hydrogen) atoms. The number of aromatic nitrogens is 1. The van der Waals surface area contributed by atoms with Gasteiger partial charge in [-0.05, 0) is 42.3 Å². The van der Waals surface area contributed by atoms with E-state index in [1.165, 1.54) is 6.07 Å². The van der Waals surface area contributed by atoms with Gasteiger partial charge < -0.3 is 5.73 Å². The molecular formula is C17H14BrFN2. The molecule has 0 amide bonds. The predicted octanol–water partition coefficient (Wildman–Crippen LogP) is 4.38. The van der Waals surface area contributed by atoms with Crippen molar-refractivity contribution in [1.29, 1.82) is 0 Å². The number of nitrogens with zero attached hydrogens (tertiary/aromatic N) is 1. The molecule has 1 unspecified atom stereocenters. The summed E-state index contributed by atoms with van der Waals surface area (Å²) in [5.74, 6) is -0.241. The number of fused-ring (bicyclic) bond motifs is 1. The highest BCUT2D eigenvalue weighted by Gasteiger charge is 2.12. The number of nitrogens with two attached hydrogens (primary N) is 1. The van der Waals surface area contributed by atoms with Crippen LogP contribution in [0.25, 0.3) is 10.9 Å². The van der Waals surface area contributed by atoms with Gasteiger partial charge in [-0.15, -0.1) is 0 Å². The van der Waals surface area contributed by atoms with Crippen LogP contribution in [0.2, 0.25) is 0 Å². The normalized spacial score (nSPS) is 12.5. The van der Waals surface area contributed by atoms with Crippen LogP contribution in [0.5, 0.6) is 0 Å². The fourth-order valence-electron chi connectivity index (χ4n) is 2.33. The molecule has 0 aliphatic carbocycles. The number of pyridine rings is 1. The predicted molar refractivity (Wildman–Crippen MR) is 86.5 cm³/mol. The van der Waals surface area contributed by atoms with Crippen LogP contribution in [0.3, 0.4) is 0 Å². The Morgan fingerprint density at radius 2 is 1.90 bits per heavy atom. The zero-order valence-electron chi connectivity index (χ0n) is 11.3. The molecule has 0 aliphatic rings. The lowest BCUT2D eigenvalue weighted by Crippen LogP contribution is -2.15. The fraction of sp³-hybridized carbons (Fsp3) is 0.118. The molecule has 1 heterocycles. The van der Waals surface area contributed by atoms with Gasteiger partial charge in [-0.2, -0.15) is 0 Å².